The molecular weight excluding hydrogens is 339 g/mol. The van der Waals surface area contributed by atoms with Crippen LogP contribution in [0.2, 0.25) is 5.02 Å². The minimum absolute atomic E-state index is 0.00232. The van der Waals surface area contributed by atoms with Crippen LogP contribution in [0.4, 0.5) is 18.9 Å². The smallest absolute Gasteiger partial charge is 0.320 e. The average molecular weight is 348 g/mol. The third kappa shape index (κ3) is 4.60. The number of carbonyl (C=O) groups excluding carboxylic acids is 1. The number of alkyl halides is 3. The van der Waals surface area contributed by atoms with Crippen LogP contribution < -0.4 is 5.32 Å². The topological polar surface area (TPSA) is 54.9 Å². The van der Waals surface area contributed by atoms with Gasteiger partial charge >= 0.3 is 6.18 Å². The number of halogens is 4. The van der Waals surface area contributed by atoms with E-state index >= 15 is 0 Å². The maximum absolute atomic E-state index is 12.3. The summed E-state index contributed by atoms with van der Waals surface area (Å²) in [6.07, 6.45) is -0.233. The summed E-state index contributed by atoms with van der Waals surface area (Å²) in [7, 11) is 0. The number of pyridine rings is 2. The molecule has 0 bridgehead atoms. The predicted molar refractivity (Wildman–Crippen MR) is 78.2 cm³/mol. The molecule has 116 valence electrons. The Kier molecular flexibility index (Phi) is 5.25. The number of anilines is 1. The maximum atomic E-state index is 12.3. The molecule has 0 unspecified atom stereocenters. The highest BCUT2D eigenvalue weighted by Gasteiger charge is 2.28. The van der Waals surface area contributed by atoms with E-state index in [9.17, 15) is 18.0 Å². The second kappa shape index (κ2) is 6.97. The Bertz CT molecular complexity index is 682. The highest BCUT2D eigenvalue weighted by molar-refractivity contribution is 7.99. The summed E-state index contributed by atoms with van der Waals surface area (Å²) in [5, 5.41) is 2.75. The van der Waals surface area contributed by atoms with Crippen LogP contribution in [0, 0.1) is 0 Å². The van der Waals surface area contributed by atoms with E-state index < -0.39 is 17.8 Å². The molecule has 1 amide bonds. The molecular formula is C13H9ClF3N3OS. The fourth-order valence-electron chi connectivity index (χ4n) is 1.50. The van der Waals surface area contributed by atoms with Crippen LogP contribution in [0.25, 0.3) is 0 Å². The zero-order valence-electron chi connectivity index (χ0n) is 10.9. The first-order valence-corrected chi connectivity index (χ1v) is 7.28. The van der Waals surface area contributed by atoms with E-state index in [-0.39, 0.29) is 15.6 Å². The Labute approximate surface area is 133 Å². The lowest BCUT2D eigenvalue weighted by Crippen LogP contribution is -2.15. The zero-order valence-corrected chi connectivity index (χ0v) is 12.5. The van der Waals surface area contributed by atoms with E-state index in [0.29, 0.717) is 17.4 Å². The molecule has 0 fully saturated rings. The first-order chi connectivity index (χ1) is 10.4. The monoisotopic (exact) mass is 347 g/mol. The number of nitrogens with zero attached hydrogens (tertiary/aromatic N) is 2. The molecule has 0 saturated heterocycles. The van der Waals surface area contributed by atoms with Crippen molar-refractivity contribution in [3.05, 3.63) is 47.4 Å². The Hall–Kier alpha value is -1.80. The van der Waals surface area contributed by atoms with E-state index in [0.717, 1.165) is 0 Å². The van der Waals surface area contributed by atoms with Gasteiger partial charge in [0.25, 0.3) is 5.91 Å². The molecule has 1 N–H and O–H groups in total. The minimum Gasteiger partial charge on any atom is -0.320 e. The van der Waals surface area contributed by atoms with Crippen molar-refractivity contribution in [2.45, 2.75) is 11.2 Å². The maximum Gasteiger partial charge on any atom is 0.398 e. The molecule has 2 rings (SSSR count). The van der Waals surface area contributed by atoms with Crippen molar-refractivity contribution < 1.29 is 18.0 Å². The molecule has 2 aromatic rings. The van der Waals surface area contributed by atoms with E-state index in [1.165, 1.54) is 36.8 Å². The second-order valence-corrected chi connectivity index (χ2v) is 5.44. The zero-order chi connectivity index (χ0) is 16.2. The largest absolute Gasteiger partial charge is 0.398 e. The Morgan fingerprint density at radius 1 is 1.32 bits per heavy atom. The summed E-state index contributed by atoms with van der Waals surface area (Å²) in [5.41, 5.74) is 0.363. The fraction of sp³-hybridized carbons (Fsp3) is 0.154. The van der Waals surface area contributed by atoms with Gasteiger partial charge in [0, 0.05) is 18.6 Å². The molecule has 4 nitrogen and oxygen atoms in total. The number of carbonyl (C=O) groups is 1. The standard InChI is InChI=1S/C13H9ClF3N3OS/c14-9-6-18-5-3-10(9)20-11(21)8-2-1-4-19-12(8)22-7-13(15,16)17/h1-6H,7H2,(H,18,20,21). The van der Waals surface area contributed by atoms with Crippen LogP contribution in [0.5, 0.6) is 0 Å². The summed E-state index contributed by atoms with van der Waals surface area (Å²) in [4.78, 5) is 19.8. The van der Waals surface area contributed by atoms with Crippen molar-refractivity contribution in [3.8, 4) is 0 Å². The van der Waals surface area contributed by atoms with Crippen molar-refractivity contribution in [2.24, 2.45) is 0 Å². The second-order valence-electron chi connectivity index (χ2n) is 4.07. The van der Waals surface area contributed by atoms with Gasteiger partial charge in [-0.25, -0.2) is 4.98 Å². The number of nitrogens with one attached hydrogen (secondary N) is 1. The molecule has 0 atom stereocenters. The Balaban J connectivity index is 2.18. The van der Waals surface area contributed by atoms with E-state index in [4.69, 9.17) is 11.6 Å². The summed E-state index contributed by atoms with van der Waals surface area (Å²) in [6.45, 7) is 0. The van der Waals surface area contributed by atoms with Gasteiger partial charge in [0.15, 0.2) is 0 Å². The Morgan fingerprint density at radius 2 is 2.09 bits per heavy atom. The molecule has 0 aromatic carbocycles. The quantitative estimate of drug-likeness (QED) is 0.848. The highest BCUT2D eigenvalue weighted by Crippen LogP contribution is 2.29. The van der Waals surface area contributed by atoms with Gasteiger partial charge in [-0.3, -0.25) is 9.78 Å². The van der Waals surface area contributed by atoms with Gasteiger partial charge in [-0.15, -0.1) is 0 Å². The third-order valence-corrected chi connectivity index (χ3v) is 3.78. The molecule has 0 radical (unpaired) electrons. The lowest BCUT2D eigenvalue weighted by molar-refractivity contribution is -0.105. The third-order valence-electron chi connectivity index (χ3n) is 2.41. The fourth-order valence-corrected chi connectivity index (χ4v) is 2.41. The molecule has 0 aliphatic rings. The van der Waals surface area contributed by atoms with Gasteiger partial charge in [-0.1, -0.05) is 23.4 Å². The molecule has 0 spiro atoms. The van der Waals surface area contributed by atoms with Crippen molar-refractivity contribution in [1.29, 1.82) is 0 Å². The van der Waals surface area contributed by atoms with Crippen molar-refractivity contribution in [2.75, 3.05) is 11.1 Å². The molecule has 2 heterocycles. The minimum atomic E-state index is -4.34. The van der Waals surface area contributed by atoms with Crippen LogP contribution in [0.1, 0.15) is 10.4 Å². The van der Waals surface area contributed by atoms with Crippen LogP contribution in [0.15, 0.2) is 41.8 Å². The van der Waals surface area contributed by atoms with Crippen LogP contribution >= 0.6 is 23.4 Å². The molecule has 2 aromatic heterocycles. The number of aromatic nitrogens is 2. The lowest BCUT2D eigenvalue weighted by Gasteiger charge is -2.10. The SMILES string of the molecule is O=C(Nc1ccncc1Cl)c1cccnc1SCC(F)(F)F. The number of amides is 1. The summed E-state index contributed by atoms with van der Waals surface area (Å²) < 4.78 is 36.9. The van der Waals surface area contributed by atoms with Gasteiger partial charge in [-0.05, 0) is 18.2 Å². The normalized spacial score (nSPS) is 11.3. The number of rotatable bonds is 4. The summed E-state index contributed by atoms with van der Waals surface area (Å²) in [5.74, 6) is -1.72. The first kappa shape index (κ1) is 16.6. The van der Waals surface area contributed by atoms with Gasteiger partial charge in [0.1, 0.15) is 5.03 Å². The number of hydrogen-bond donors (Lipinski definition) is 1. The van der Waals surface area contributed by atoms with Gasteiger partial charge in [0.2, 0.25) is 0 Å². The van der Waals surface area contributed by atoms with Gasteiger partial charge in [-0.2, -0.15) is 13.2 Å². The number of hydrogen-bond acceptors (Lipinski definition) is 4. The predicted octanol–water partition coefficient (Wildman–Crippen LogP) is 4.04. The van der Waals surface area contributed by atoms with Crippen molar-refractivity contribution in [3.63, 3.8) is 0 Å². The van der Waals surface area contributed by atoms with Crippen LogP contribution in [0.3, 0.4) is 0 Å². The van der Waals surface area contributed by atoms with Crippen LogP contribution in [-0.2, 0) is 0 Å². The summed E-state index contributed by atoms with van der Waals surface area (Å²) in [6, 6.07) is 4.36. The molecule has 0 aliphatic carbocycles. The summed E-state index contributed by atoms with van der Waals surface area (Å²) >= 11 is 6.32. The number of thioether (sulfide) groups is 1. The Morgan fingerprint density at radius 3 is 2.77 bits per heavy atom. The lowest BCUT2D eigenvalue weighted by atomic mass is 10.2. The molecule has 0 saturated carbocycles. The van der Waals surface area contributed by atoms with Gasteiger partial charge < -0.3 is 5.32 Å². The highest BCUT2D eigenvalue weighted by atomic mass is 35.5. The van der Waals surface area contributed by atoms with E-state index in [1.807, 2.05) is 0 Å². The first-order valence-electron chi connectivity index (χ1n) is 5.92. The molecule has 9 heteroatoms. The molecule has 22 heavy (non-hydrogen) atoms. The van der Waals surface area contributed by atoms with E-state index in [2.05, 4.69) is 15.3 Å². The van der Waals surface area contributed by atoms with E-state index in [1.54, 1.807) is 0 Å². The van der Waals surface area contributed by atoms with Gasteiger partial charge in [0.05, 0.1) is 22.0 Å². The van der Waals surface area contributed by atoms with Crippen molar-refractivity contribution >= 4 is 35.0 Å². The van der Waals surface area contributed by atoms with Crippen LogP contribution in [-0.4, -0.2) is 27.8 Å². The molecule has 0 aliphatic heterocycles. The van der Waals surface area contributed by atoms with Crippen molar-refractivity contribution in [1.82, 2.24) is 9.97 Å². The average Bonchev–Trinajstić information content (AvgIpc) is 2.47.